The number of carbonyl (C=O) groups is 1. The Morgan fingerprint density at radius 1 is 1.63 bits per heavy atom. The maximum atomic E-state index is 12.0. The molecule has 6 nitrogen and oxygen atoms in total. The molecule has 1 aromatic heterocycles. The van der Waals surface area contributed by atoms with Gasteiger partial charge in [0.2, 0.25) is 5.91 Å². The van der Waals surface area contributed by atoms with Crippen molar-refractivity contribution in [1.29, 1.82) is 0 Å². The number of hydrogen-bond acceptors (Lipinski definition) is 4. The van der Waals surface area contributed by atoms with Crippen molar-refractivity contribution in [3.05, 3.63) is 17.5 Å². The molecule has 1 amide bonds. The average Bonchev–Trinajstić information content (AvgIpc) is 3.02. The standard InChI is InChI=1S/C13H20N4O2/c14-13(4-5-13)12(19)16-10-2-1-3-11-9(10)8-15-17(11)6-7-18/h8,10,18H,1-7,14H2,(H,16,19). The maximum absolute atomic E-state index is 12.0. The Hall–Kier alpha value is -1.40. The van der Waals surface area contributed by atoms with E-state index in [0.29, 0.717) is 6.54 Å². The van der Waals surface area contributed by atoms with Gasteiger partial charge in [-0.2, -0.15) is 5.10 Å². The predicted octanol–water partition coefficient (Wildman–Crippen LogP) is -0.140. The van der Waals surface area contributed by atoms with Crippen LogP contribution in [-0.2, 0) is 17.8 Å². The third-order valence-electron chi connectivity index (χ3n) is 4.12. The minimum Gasteiger partial charge on any atom is -0.394 e. The number of nitrogens with zero attached hydrogens (tertiary/aromatic N) is 2. The fourth-order valence-electron chi connectivity index (χ4n) is 2.72. The molecule has 0 bridgehead atoms. The molecular weight excluding hydrogens is 244 g/mol. The van der Waals surface area contributed by atoms with Crippen molar-refractivity contribution in [2.24, 2.45) is 5.73 Å². The molecule has 0 aromatic carbocycles. The molecule has 1 saturated carbocycles. The number of rotatable bonds is 4. The summed E-state index contributed by atoms with van der Waals surface area (Å²) in [4.78, 5) is 12.0. The maximum Gasteiger partial charge on any atom is 0.240 e. The second-order valence-electron chi connectivity index (χ2n) is 5.57. The summed E-state index contributed by atoms with van der Waals surface area (Å²) in [6, 6.07) is 0.0183. The van der Waals surface area contributed by atoms with E-state index in [1.165, 1.54) is 0 Å². The van der Waals surface area contributed by atoms with Crippen molar-refractivity contribution in [2.45, 2.75) is 50.2 Å². The zero-order chi connectivity index (χ0) is 13.5. The van der Waals surface area contributed by atoms with Gasteiger partial charge in [0.05, 0.1) is 30.9 Å². The number of nitrogens with two attached hydrogens (primary N) is 1. The zero-order valence-electron chi connectivity index (χ0n) is 10.9. The Morgan fingerprint density at radius 3 is 3.11 bits per heavy atom. The van der Waals surface area contributed by atoms with Gasteiger partial charge in [0.15, 0.2) is 0 Å². The van der Waals surface area contributed by atoms with Gasteiger partial charge >= 0.3 is 0 Å². The first-order valence-electron chi connectivity index (χ1n) is 6.89. The fourth-order valence-corrected chi connectivity index (χ4v) is 2.72. The first-order chi connectivity index (χ1) is 9.14. The first kappa shape index (κ1) is 12.6. The first-order valence-corrected chi connectivity index (χ1v) is 6.89. The molecule has 0 aliphatic heterocycles. The van der Waals surface area contributed by atoms with Gasteiger partial charge in [-0.25, -0.2) is 0 Å². The molecule has 3 rings (SSSR count). The summed E-state index contributed by atoms with van der Waals surface area (Å²) >= 11 is 0. The third-order valence-corrected chi connectivity index (χ3v) is 4.12. The van der Waals surface area contributed by atoms with Crippen molar-refractivity contribution in [3.63, 3.8) is 0 Å². The van der Waals surface area contributed by atoms with E-state index in [-0.39, 0.29) is 18.6 Å². The second-order valence-corrected chi connectivity index (χ2v) is 5.57. The van der Waals surface area contributed by atoms with Crippen molar-refractivity contribution < 1.29 is 9.90 Å². The molecule has 19 heavy (non-hydrogen) atoms. The van der Waals surface area contributed by atoms with Gasteiger partial charge in [0.25, 0.3) is 0 Å². The predicted molar refractivity (Wildman–Crippen MR) is 69.3 cm³/mol. The van der Waals surface area contributed by atoms with Gasteiger partial charge in [-0.15, -0.1) is 0 Å². The molecule has 1 unspecified atom stereocenters. The van der Waals surface area contributed by atoms with Gasteiger partial charge in [0.1, 0.15) is 0 Å². The van der Waals surface area contributed by atoms with Gasteiger partial charge in [-0.1, -0.05) is 0 Å². The van der Waals surface area contributed by atoms with E-state index in [2.05, 4.69) is 10.4 Å². The van der Waals surface area contributed by atoms with Crippen LogP contribution >= 0.6 is 0 Å². The number of aliphatic hydroxyl groups excluding tert-OH is 1. The fraction of sp³-hybridized carbons (Fsp3) is 0.692. The van der Waals surface area contributed by atoms with E-state index in [9.17, 15) is 4.79 Å². The SMILES string of the molecule is NC1(C(=O)NC2CCCc3c2cnn3CCO)CC1. The highest BCUT2D eigenvalue weighted by atomic mass is 16.3. The normalized spacial score (nSPS) is 23.8. The van der Waals surface area contributed by atoms with Crippen LogP contribution in [0.4, 0.5) is 0 Å². The van der Waals surface area contributed by atoms with Crippen molar-refractivity contribution >= 4 is 5.91 Å². The van der Waals surface area contributed by atoms with Crippen LogP contribution < -0.4 is 11.1 Å². The molecule has 0 saturated heterocycles. The lowest BCUT2D eigenvalue weighted by molar-refractivity contribution is -0.124. The minimum absolute atomic E-state index is 0.0183. The van der Waals surface area contributed by atoms with Crippen LogP contribution in [0.1, 0.15) is 43.0 Å². The highest BCUT2D eigenvalue weighted by Crippen LogP contribution is 2.35. The average molecular weight is 264 g/mol. The molecule has 1 atom stereocenters. The summed E-state index contributed by atoms with van der Waals surface area (Å²) in [7, 11) is 0. The third kappa shape index (κ3) is 2.26. The van der Waals surface area contributed by atoms with E-state index >= 15 is 0 Å². The number of aromatic nitrogens is 2. The van der Waals surface area contributed by atoms with Crippen LogP contribution in [0.3, 0.4) is 0 Å². The summed E-state index contributed by atoms with van der Waals surface area (Å²) in [6.45, 7) is 0.591. The lowest BCUT2D eigenvalue weighted by Gasteiger charge is -2.25. The lowest BCUT2D eigenvalue weighted by atomic mass is 9.92. The molecule has 6 heteroatoms. The van der Waals surface area contributed by atoms with E-state index in [0.717, 1.165) is 43.4 Å². The molecule has 1 heterocycles. The minimum atomic E-state index is -0.626. The van der Waals surface area contributed by atoms with E-state index in [1.54, 1.807) is 0 Å². The summed E-state index contributed by atoms with van der Waals surface area (Å²) in [5, 5.41) is 16.4. The van der Waals surface area contributed by atoms with Crippen LogP contribution in [0.5, 0.6) is 0 Å². The number of hydrogen-bond donors (Lipinski definition) is 3. The summed E-state index contributed by atoms with van der Waals surface area (Å²) in [5.74, 6) is -0.0414. The molecule has 0 spiro atoms. The zero-order valence-corrected chi connectivity index (χ0v) is 10.9. The lowest BCUT2D eigenvalue weighted by Crippen LogP contribution is -2.44. The molecule has 0 radical (unpaired) electrons. The largest absolute Gasteiger partial charge is 0.394 e. The number of aliphatic hydroxyl groups is 1. The smallest absolute Gasteiger partial charge is 0.240 e. The summed E-state index contributed by atoms with van der Waals surface area (Å²) < 4.78 is 1.84. The van der Waals surface area contributed by atoms with E-state index in [4.69, 9.17) is 10.8 Å². The van der Waals surface area contributed by atoms with E-state index in [1.807, 2.05) is 10.9 Å². The molecule has 2 aliphatic carbocycles. The quantitative estimate of drug-likeness (QED) is 0.705. The Bertz CT molecular complexity index is 493. The number of carbonyl (C=O) groups excluding carboxylic acids is 1. The monoisotopic (exact) mass is 264 g/mol. The van der Waals surface area contributed by atoms with Crippen LogP contribution in [0.25, 0.3) is 0 Å². The second kappa shape index (κ2) is 4.61. The van der Waals surface area contributed by atoms with Gasteiger partial charge < -0.3 is 16.2 Å². The Balaban J connectivity index is 1.77. The molecule has 1 aromatic rings. The highest BCUT2D eigenvalue weighted by molar-refractivity contribution is 5.89. The van der Waals surface area contributed by atoms with Crippen LogP contribution in [0, 0.1) is 0 Å². The Labute approximate surface area is 112 Å². The van der Waals surface area contributed by atoms with Crippen LogP contribution in [0.2, 0.25) is 0 Å². The molecular formula is C13H20N4O2. The van der Waals surface area contributed by atoms with Crippen LogP contribution in [-0.4, -0.2) is 32.9 Å². The number of nitrogens with one attached hydrogen (secondary N) is 1. The van der Waals surface area contributed by atoms with E-state index < -0.39 is 5.54 Å². The number of amides is 1. The van der Waals surface area contributed by atoms with Gasteiger partial charge in [-0.05, 0) is 32.1 Å². The summed E-state index contributed by atoms with van der Waals surface area (Å²) in [6.07, 6.45) is 6.28. The van der Waals surface area contributed by atoms with Crippen molar-refractivity contribution in [2.75, 3.05) is 6.61 Å². The highest BCUT2D eigenvalue weighted by Gasteiger charge is 2.46. The molecule has 104 valence electrons. The van der Waals surface area contributed by atoms with Crippen molar-refractivity contribution in [1.82, 2.24) is 15.1 Å². The molecule has 2 aliphatic rings. The van der Waals surface area contributed by atoms with Crippen LogP contribution in [0.15, 0.2) is 6.20 Å². The topological polar surface area (TPSA) is 93.2 Å². The Morgan fingerprint density at radius 2 is 2.42 bits per heavy atom. The van der Waals surface area contributed by atoms with Gasteiger partial charge in [-0.3, -0.25) is 9.48 Å². The van der Waals surface area contributed by atoms with Crippen molar-refractivity contribution in [3.8, 4) is 0 Å². The molecule has 1 fully saturated rings. The summed E-state index contributed by atoms with van der Waals surface area (Å²) in [5.41, 5.74) is 7.50. The molecule has 4 N–H and O–H groups in total. The Kier molecular flexibility index (Phi) is 3.06. The van der Waals surface area contributed by atoms with Gasteiger partial charge in [0, 0.05) is 11.3 Å². The number of fused-ring (bicyclic) bond motifs is 1.